The van der Waals surface area contributed by atoms with E-state index in [0.717, 1.165) is 0 Å². The number of nitrogens with zero attached hydrogens (tertiary/aromatic N) is 2. The Hall–Kier alpha value is -2.58. The average Bonchev–Trinajstić information content (AvgIpc) is 3.06. The molecule has 0 fully saturated rings. The van der Waals surface area contributed by atoms with Gasteiger partial charge < -0.3 is 4.57 Å². The zero-order valence-corrected chi connectivity index (χ0v) is 17.7. The molecule has 0 unspecified atom stereocenters. The van der Waals surface area contributed by atoms with Crippen LogP contribution in [0.3, 0.4) is 0 Å². The first-order valence-corrected chi connectivity index (χ1v) is 10.1. The summed E-state index contributed by atoms with van der Waals surface area (Å²) in [5, 5.41) is 2.77. The molecule has 0 saturated carbocycles. The van der Waals surface area contributed by atoms with E-state index in [9.17, 15) is 0 Å². The van der Waals surface area contributed by atoms with E-state index in [0.29, 0.717) is 0 Å². The molecule has 0 spiro atoms. The number of rotatable bonds is 1. The molecule has 5 rings (SSSR count). The Labute approximate surface area is 167 Å². The highest BCUT2D eigenvalue weighted by atomic mass is 15.2. The summed E-state index contributed by atoms with van der Waals surface area (Å²) < 4.78 is 2.38. The van der Waals surface area contributed by atoms with Gasteiger partial charge in [0.15, 0.2) is 0 Å². The van der Waals surface area contributed by atoms with Crippen LogP contribution in [0.4, 0.5) is 0 Å². The second kappa shape index (κ2) is 5.48. The SMILES string of the molecule is CN1C(C)(C)c2cc(-c3ccccc3)c3c(c2C1(C)C)c1ccccc1n3C. The Kier molecular flexibility index (Phi) is 3.43. The second-order valence-electron chi connectivity index (χ2n) is 9.19. The van der Waals surface area contributed by atoms with Gasteiger partial charge in [0.2, 0.25) is 0 Å². The molecule has 0 bridgehead atoms. The lowest BCUT2D eigenvalue weighted by molar-refractivity contribution is 0.0736. The van der Waals surface area contributed by atoms with Crippen molar-refractivity contribution in [3.8, 4) is 11.1 Å². The van der Waals surface area contributed by atoms with Crippen LogP contribution in [-0.4, -0.2) is 16.5 Å². The first kappa shape index (κ1) is 17.5. The molecule has 0 aliphatic carbocycles. The first-order chi connectivity index (χ1) is 13.3. The molecular formula is C26H28N2. The summed E-state index contributed by atoms with van der Waals surface area (Å²) in [6, 6.07) is 22.1. The average molecular weight is 369 g/mol. The number of aryl methyl sites for hydroxylation is 1. The van der Waals surface area contributed by atoms with E-state index in [1.165, 1.54) is 44.1 Å². The predicted molar refractivity (Wildman–Crippen MR) is 120 cm³/mol. The third-order valence-corrected chi connectivity index (χ3v) is 7.20. The van der Waals surface area contributed by atoms with Crippen molar-refractivity contribution in [3.05, 3.63) is 71.8 Å². The number of hydrogen-bond donors (Lipinski definition) is 0. The minimum Gasteiger partial charge on any atom is -0.343 e. The number of para-hydroxylation sites is 1. The van der Waals surface area contributed by atoms with Gasteiger partial charge in [-0.2, -0.15) is 0 Å². The Morgan fingerprint density at radius 2 is 1.39 bits per heavy atom. The fourth-order valence-electron chi connectivity index (χ4n) is 5.38. The van der Waals surface area contributed by atoms with Crippen LogP contribution in [-0.2, 0) is 18.1 Å². The topological polar surface area (TPSA) is 8.17 Å². The van der Waals surface area contributed by atoms with Crippen molar-refractivity contribution in [3.63, 3.8) is 0 Å². The fraction of sp³-hybridized carbons (Fsp3) is 0.308. The maximum absolute atomic E-state index is 2.53. The number of aromatic nitrogens is 1. The van der Waals surface area contributed by atoms with Gasteiger partial charge in [0.1, 0.15) is 0 Å². The van der Waals surface area contributed by atoms with Gasteiger partial charge in [0.05, 0.1) is 5.52 Å². The highest BCUT2D eigenvalue weighted by Crippen LogP contribution is 2.54. The van der Waals surface area contributed by atoms with Crippen molar-refractivity contribution in [2.75, 3.05) is 7.05 Å². The molecule has 28 heavy (non-hydrogen) atoms. The van der Waals surface area contributed by atoms with Gasteiger partial charge in [0.25, 0.3) is 0 Å². The van der Waals surface area contributed by atoms with Crippen LogP contribution < -0.4 is 0 Å². The minimum absolute atomic E-state index is 0.0203. The van der Waals surface area contributed by atoms with E-state index in [4.69, 9.17) is 0 Å². The Bertz CT molecular complexity index is 1230. The highest BCUT2D eigenvalue weighted by Gasteiger charge is 2.48. The fourth-order valence-corrected chi connectivity index (χ4v) is 5.38. The third-order valence-electron chi connectivity index (χ3n) is 7.20. The van der Waals surface area contributed by atoms with Crippen LogP contribution in [0, 0.1) is 0 Å². The normalized spacial score (nSPS) is 18.1. The van der Waals surface area contributed by atoms with Crippen molar-refractivity contribution < 1.29 is 0 Å². The molecule has 0 saturated heterocycles. The lowest BCUT2D eigenvalue weighted by atomic mass is 9.84. The molecule has 4 aromatic rings. The van der Waals surface area contributed by atoms with E-state index >= 15 is 0 Å². The Morgan fingerprint density at radius 1 is 0.750 bits per heavy atom. The predicted octanol–water partition coefficient (Wildman–Crippen LogP) is 6.41. The van der Waals surface area contributed by atoms with Crippen LogP contribution in [0.2, 0.25) is 0 Å². The molecule has 2 nitrogen and oxygen atoms in total. The summed E-state index contributed by atoms with van der Waals surface area (Å²) in [5.41, 5.74) is 8.12. The van der Waals surface area contributed by atoms with Gasteiger partial charge in [-0.3, -0.25) is 4.90 Å². The van der Waals surface area contributed by atoms with E-state index in [2.05, 4.69) is 112 Å². The number of hydrogen-bond acceptors (Lipinski definition) is 1. The minimum atomic E-state index is -0.0313. The van der Waals surface area contributed by atoms with Crippen molar-refractivity contribution >= 4 is 21.8 Å². The van der Waals surface area contributed by atoms with Gasteiger partial charge in [-0.25, -0.2) is 0 Å². The molecule has 0 atom stereocenters. The van der Waals surface area contributed by atoms with Crippen molar-refractivity contribution in [2.24, 2.45) is 7.05 Å². The summed E-state index contributed by atoms with van der Waals surface area (Å²) in [4.78, 5) is 2.53. The maximum atomic E-state index is 2.53. The standard InChI is InChI=1S/C26H28N2/c1-25(2)20-16-19(17-12-8-7-9-13-17)24-22(23(20)26(3,4)28(25)6)18-14-10-11-15-21(18)27(24)5/h7-16H,1-6H3. The smallest absolute Gasteiger partial charge is 0.0572 e. The molecule has 2 heteroatoms. The summed E-state index contributed by atoms with van der Waals surface area (Å²) in [7, 11) is 4.47. The molecule has 1 aromatic heterocycles. The molecule has 3 aromatic carbocycles. The van der Waals surface area contributed by atoms with Gasteiger partial charge in [-0.15, -0.1) is 0 Å². The van der Waals surface area contributed by atoms with Crippen LogP contribution in [0.1, 0.15) is 38.8 Å². The zero-order valence-electron chi connectivity index (χ0n) is 17.7. The quantitative estimate of drug-likeness (QED) is 0.377. The molecule has 1 aliphatic rings. The zero-order chi connectivity index (χ0) is 19.8. The largest absolute Gasteiger partial charge is 0.343 e. The van der Waals surface area contributed by atoms with Crippen molar-refractivity contribution in [1.29, 1.82) is 0 Å². The van der Waals surface area contributed by atoms with E-state index in [1.807, 2.05) is 0 Å². The van der Waals surface area contributed by atoms with Gasteiger partial charge in [-0.1, -0.05) is 48.5 Å². The summed E-state index contributed by atoms with van der Waals surface area (Å²) >= 11 is 0. The summed E-state index contributed by atoms with van der Waals surface area (Å²) in [6.07, 6.45) is 0. The van der Waals surface area contributed by atoms with E-state index in [-0.39, 0.29) is 11.1 Å². The maximum Gasteiger partial charge on any atom is 0.0572 e. The number of fused-ring (bicyclic) bond motifs is 5. The van der Waals surface area contributed by atoms with E-state index in [1.54, 1.807) is 0 Å². The molecule has 0 radical (unpaired) electrons. The second-order valence-corrected chi connectivity index (χ2v) is 9.19. The lowest BCUT2D eigenvalue weighted by Gasteiger charge is -2.37. The van der Waals surface area contributed by atoms with Crippen LogP contribution in [0.15, 0.2) is 60.7 Å². The van der Waals surface area contributed by atoms with Crippen LogP contribution in [0.25, 0.3) is 32.9 Å². The molecule has 0 amide bonds. The molecule has 142 valence electrons. The van der Waals surface area contributed by atoms with E-state index < -0.39 is 0 Å². The van der Waals surface area contributed by atoms with Gasteiger partial charge in [0, 0.05) is 40.0 Å². The van der Waals surface area contributed by atoms with Crippen LogP contribution in [0.5, 0.6) is 0 Å². The summed E-state index contributed by atoms with van der Waals surface area (Å²) in [5.74, 6) is 0. The third kappa shape index (κ3) is 2.02. The molecule has 2 heterocycles. The Morgan fingerprint density at radius 3 is 2.11 bits per heavy atom. The van der Waals surface area contributed by atoms with Crippen molar-refractivity contribution in [2.45, 2.75) is 38.8 Å². The first-order valence-electron chi connectivity index (χ1n) is 10.1. The molecule has 0 N–H and O–H groups in total. The highest BCUT2D eigenvalue weighted by molar-refractivity contribution is 6.15. The number of benzene rings is 3. The molecular weight excluding hydrogens is 340 g/mol. The van der Waals surface area contributed by atoms with Crippen LogP contribution >= 0.6 is 0 Å². The van der Waals surface area contributed by atoms with Gasteiger partial charge in [-0.05, 0) is 63.6 Å². The Balaban J connectivity index is 2.07. The van der Waals surface area contributed by atoms with Gasteiger partial charge >= 0.3 is 0 Å². The molecule has 1 aliphatic heterocycles. The van der Waals surface area contributed by atoms with Crippen molar-refractivity contribution in [1.82, 2.24) is 9.47 Å². The monoisotopic (exact) mass is 368 g/mol. The lowest BCUT2D eigenvalue weighted by Crippen LogP contribution is -2.42. The summed E-state index contributed by atoms with van der Waals surface area (Å²) in [6.45, 7) is 9.44.